The Hall–Kier alpha value is -4.21. The normalized spacial score (nSPS) is 11.0. The first kappa shape index (κ1) is 34.8. The highest BCUT2D eigenvalue weighted by Crippen LogP contribution is 2.19. The molecule has 0 aliphatic heterocycles. The van der Waals surface area contributed by atoms with Crippen LogP contribution in [0.3, 0.4) is 0 Å². The number of urea groups is 1. The molecule has 14 nitrogen and oxygen atoms in total. The summed E-state index contributed by atoms with van der Waals surface area (Å²) in [5.74, 6) is -3.17. The second-order valence-corrected chi connectivity index (χ2v) is 9.19. The number of carbonyl (C=O) groups excluding carboxylic acids is 5. The van der Waals surface area contributed by atoms with E-state index in [1.54, 1.807) is 0 Å². The Morgan fingerprint density at radius 3 is 2.39 bits per heavy atom. The van der Waals surface area contributed by atoms with Crippen LogP contribution in [-0.4, -0.2) is 72.0 Å². The van der Waals surface area contributed by atoms with E-state index in [0.717, 1.165) is 12.1 Å². The van der Waals surface area contributed by atoms with Crippen molar-refractivity contribution in [1.29, 1.82) is 0 Å². The molecule has 0 aromatic heterocycles. The zero-order valence-corrected chi connectivity index (χ0v) is 23.8. The Morgan fingerprint density at radius 2 is 1.76 bits per heavy atom. The number of rotatable bonds is 18. The number of benzene rings is 1. The van der Waals surface area contributed by atoms with Gasteiger partial charge in [0.05, 0.1) is 18.8 Å². The molecule has 226 valence electrons. The monoisotopic (exact) mass is 644 g/mol. The number of hydrogen-bond acceptors (Lipinski definition) is 7. The smallest absolute Gasteiger partial charge is 0.409 e. The second-order valence-electron chi connectivity index (χ2n) is 8.63. The number of alkyl halides is 1. The molecular formula is C25H34BrFN6O8. The van der Waals surface area contributed by atoms with Gasteiger partial charge in [0.2, 0.25) is 17.7 Å². The van der Waals surface area contributed by atoms with Gasteiger partial charge in [-0.25, -0.2) is 18.8 Å². The highest BCUT2D eigenvalue weighted by atomic mass is 79.9. The van der Waals surface area contributed by atoms with Gasteiger partial charge in [-0.2, -0.15) is 0 Å². The molecular weight excluding hydrogens is 611 g/mol. The molecule has 0 bridgehead atoms. The summed E-state index contributed by atoms with van der Waals surface area (Å²) in [5, 5.41) is 20.7. The first-order chi connectivity index (χ1) is 19.4. The van der Waals surface area contributed by atoms with E-state index in [2.05, 4.69) is 43.8 Å². The fourth-order valence-electron chi connectivity index (χ4n) is 3.22. The molecule has 41 heavy (non-hydrogen) atoms. The first-order valence-electron chi connectivity index (χ1n) is 12.5. The maximum Gasteiger partial charge on any atom is 0.409 e. The lowest BCUT2D eigenvalue weighted by Gasteiger charge is -2.19. The van der Waals surface area contributed by atoms with Gasteiger partial charge in [-0.3, -0.25) is 19.7 Å². The molecule has 1 rings (SSSR count). The van der Waals surface area contributed by atoms with Crippen molar-refractivity contribution < 1.29 is 43.0 Å². The van der Waals surface area contributed by atoms with E-state index in [-0.39, 0.29) is 49.7 Å². The second kappa shape index (κ2) is 19.0. The number of carbonyl (C=O) groups is 6. The third-order valence-corrected chi connectivity index (χ3v) is 5.95. The van der Waals surface area contributed by atoms with Crippen LogP contribution in [0.1, 0.15) is 38.5 Å². The number of nitrogens with two attached hydrogens (primary N) is 1. The molecule has 1 aromatic carbocycles. The van der Waals surface area contributed by atoms with Crippen molar-refractivity contribution in [2.24, 2.45) is 5.73 Å². The van der Waals surface area contributed by atoms with E-state index in [9.17, 15) is 33.2 Å². The van der Waals surface area contributed by atoms with Gasteiger partial charge in [-0.05, 0) is 50.3 Å². The number of hydrogen-bond donors (Lipinski definition) is 7. The molecule has 0 fully saturated rings. The highest BCUT2D eigenvalue weighted by Gasteiger charge is 2.21. The molecule has 16 heteroatoms. The number of halogens is 2. The first-order valence-corrected chi connectivity index (χ1v) is 13.7. The van der Waals surface area contributed by atoms with E-state index in [1.165, 1.54) is 6.07 Å². The molecule has 1 aromatic rings. The van der Waals surface area contributed by atoms with Crippen LogP contribution in [0.25, 0.3) is 0 Å². The summed E-state index contributed by atoms with van der Waals surface area (Å²) in [6.45, 7) is 3.47. The zero-order valence-electron chi connectivity index (χ0n) is 22.2. The quantitative estimate of drug-likeness (QED) is 0.0540. The van der Waals surface area contributed by atoms with E-state index in [1.807, 2.05) is 5.32 Å². The summed E-state index contributed by atoms with van der Waals surface area (Å²) in [4.78, 5) is 70.4. The minimum Gasteiger partial charge on any atom is -0.465 e. The van der Waals surface area contributed by atoms with Crippen molar-refractivity contribution in [2.45, 2.75) is 44.6 Å². The van der Waals surface area contributed by atoms with Crippen LogP contribution >= 0.6 is 15.9 Å². The van der Waals surface area contributed by atoms with Crippen molar-refractivity contribution in [3.63, 3.8) is 0 Å². The lowest BCUT2D eigenvalue weighted by molar-refractivity contribution is -0.139. The van der Waals surface area contributed by atoms with Crippen LogP contribution in [0.15, 0.2) is 30.4 Å². The van der Waals surface area contributed by atoms with Crippen molar-refractivity contribution in [3.8, 4) is 0 Å². The maximum absolute atomic E-state index is 14.1. The molecule has 8 N–H and O–H groups in total. The molecule has 0 aliphatic carbocycles. The maximum atomic E-state index is 14.1. The predicted molar refractivity (Wildman–Crippen MR) is 151 cm³/mol. The SMILES string of the molecule is C=C(CBr)C(=O)OCCCCCC(=O)NCC(=O)NC(CCCNC(N)=O)C(=O)Nc1ccc(NC(=O)O)c(F)c1. The van der Waals surface area contributed by atoms with Gasteiger partial charge in [0.25, 0.3) is 0 Å². The number of nitrogens with one attached hydrogen (secondary N) is 5. The van der Waals surface area contributed by atoms with Gasteiger partial charge in [0.1, 0.15) is 11.9 Å². The number of amides is 6. The van der Waals surface area contributed by atoms with Gasteiger partial charge in [0, 0.05) is 29.6 Å². The Bertz CT molecular complexity index is 1120. The predicted octanol–water partition coefficient (Wildman–Crippen LogP) is 1.96. The molecule has 0 saturated carbocycles. The van der Waals surface area contributed by atoms with Crippen LogP contribution in [0.5, 0.6) is 0 Å². The van der Waals surface area contributed by atoms with Gasteiger partial charge >= 0.3 is 18.1 Å². The summed E-state index contributed by atoms with van der Waals surface area (Å²) < 4.78 is 19.2. The molecule has 0 aliphatic rings. The van der Waals surface area contributed by atoms with Gasteiger partial charge in [0.15, 0.2) is 0 Å². The summed E-state index contributed by atoms with van der Waals surface area (Å²) in [6.07, 6.45) is 0.665. The Kier molecular flexibility index (Phi) is 16.1. The summed E-state index contributed by atoms with van der Waals surface area (Å²) in [7, 11) is 0. The molecule has 1 atom stereocenters. The minimum atomic E-state index is -1.46. The number of unbranched alkanes of at least 4 members (excludes halogenated alkanes) is 2. The van der Waals surface area contributed by atoms with E-state index < -0.39 is 48.3 Å². The number of anilines is 2. The average molecular weight is 645 g/mol. The van der Waals surface area contributed by atoms with Gasteiger partial charge < -0.3 is 36.8 Å². The Labute approximate surface area is 244 Å². The number of ether oxygens (including phenoxy) is 1. The fourth-order valence-corrected chi connectivity index (χ4v) is 3.45. The largest absolute Gasteiger partial charge is 0.465 e. The minimum absolute atomic E-state index is 0.00840. The fraction of sp³-hybridized carbons (Fsp3) is 0.440. The number of carboxylic acid groups (broad SMARTS) is 1. The molecule has 1 unspecified atom stereocenters. The van der Waals surface area contributed by atoms with Gasteiger partial charge in [-0.15, -0.1) is 0 Å². The van der Waals surface area contributed by atoms with E-state index >= 15 is 0 Å². The average Bonchev–Trinajstić information content (AvgIpc) is 2.91. The lowest BCUT2D eigenvalue weighted by atomic mass is 10.1. The molecule has 0 spiro atoms. The molecule has 0 saturated heterocycles. The molecule has 6 amide bonds. The molecule has 0 radical (unpaired) electrons. The Morgan fingerprint density at radius 1 is 1.02 bits per heavy atom. The van der Waals surface area contributed by atoms with Crippen LogP contribution in [0, 0.1) is 5.82 Å². The van der Waals surface area contributed by atoms with Crippen LogP contribution < -0.4 is 32.3 Å². The third kappa shape index (κ3) is 15.2. The van der Waals surface area contributed by atoms with Crippen LogP contribution in [0.4, 0.5) is 25.4 Å². The van der Waals surface area contributed by atoms with Crippen molar-refractivity contribution in [3.05, 3.63) is 36.2 Å². The standard InChI is InChI=1S/C25H34BrFN6O8/c1-15(13-26)23(37)41-11-4-2-3-7-20(34)30-14-21(35)32-19(6-5-10-29-24(28)38)22(36)31-16-8-9-18(17(27)12-16)33-25(39)40/h8-9,12,19,33H,1-7,10-11,13-14H2,(H,30,34)(H,31,36)(H,32,35)(H,39,40)(H3,28,29,38). The van der Waals surface area contributed by atoms with Gasteiger partial charge in [-0.1, -0.05) is 22.5 Å². The topological polar surface area (TPSA) is 218 Å². The van der Waals surface area contributed by atoms with E-state index in [4.69, 9.17) is 15.6 Å². The number of primary amides is 1. The summed E-state index contributed by atoms with van der Waals surface area (Å²) in [5.41, 5.74) is 5.03. The Balaban J connectivity index is 2.56. The number of esters is 1. The highest BCUT2D eigenvalue weighted by molar-refractivity contribution is 9.09. The molecule has 0 heterocycles. The van der Waals surface area contributed by atoms with Crippen molar-refractivity contribution >= 4 is 63.1 Å². The van der Waals surface area contributed by atoms with Crippen molar-refractivity contribution in [2.75, 3.05) is 35.7 Å². The zero-order chi connectivity index (χ0) is 30.8. The van der Waals surface area contributed by atoms with Crippen LogP contribution in [0.2, 0.25) is 0 Å². The third-order valence-electron chi connectivity index (χ3n) is 5.28. The van der Waals surface area contributed by atoms with Crippen LogP contribution in [-0.2, 0) is 23.9 Å². The lowest BCUT2D eigenvalue weighted by Crippen LogP contribution is -2.47. The van der Waals surface area contributed by atoms with E-state index in [0.29, 0.717) is 30.2 Å². The van der Waals surface area contributed by atoms with Crippen molar-refractivity contribution in [1.82, 2.24) is 16.0 Å². The summed E-state index contributed by atoms with van der Waals surface area (Å²) in [6, 6.07) is 1.42. The summed E-state index contributed by atoms with van der Waals surface area (Å²) >= 11 is 3.11.